The van der Waals surface area contributed by atoms with E-state index >= 15 is 0 Å². The predicted octanol–water partition coefficient (Wildman–Crippen LogP) is 6.07. The Morgan fingerprint density at radius 3 is 2.30 bits per heavy atom. The van der Waals surface area contributed by atoms with Gasteiger partial charge in [-0.1, -0.05) is 49.3 Å². The maximum absolute atomic E-state index is 14.0. The van der Waals surface area contributed by atoms with Gasteiger partial charge < -0.3 is 9.80 Å². The summed E-state index contributed by atoms with van der Waals surface area (Å²) in [6.45, 7) is 16.7. The van der Waals surface area contributed by atoms with Crippen molar-refractivity contribution in [1.29, 1.82) is 0 Å². The Balaban J connectivity index is 1.58. The zero-order valence-corrected chi connectivity index (χ0v) is 29.4. The second-order valence-electron chi connectivity index (χ2n) is 12.7. The van der Waals surface area contributed by atoms with Gasteiger partial charge in [-0.2, -0.15) is 4.31 Å². The monoisotopic (exact) mass is 649 g/mol. The molecule has 0 radical (unpaired) electrons. The van der Waals surface area contributed by atoms with Crippen molar-refractivity contribution in [3.63, 3.8) is 0 Å². The van der Waals surface area contributed by atoms with Gasteiger partial charge in [0.05, 0.1) is 4.90 Å². The average Bonchev–Trinajstić information content (AvgIpc) is 2.95. The quantitative estimate of drug-likeness (QED) is 0.340. The largest absolute Gasteiger partial charge is 0.378 e. The molecule has 1 unspecified atom stereocenters. The third-order valence-electron chi connectivity index (χ3n) is 8.29. The number of anilines is 1. The number of sulfonamides is 1. The maximum Gasteiger partial charge on any atom is 0.243 e. The summed E-state index contributed by atoms with van der Waals surface area (Å²) in [4.78, 5) is 4.91. The van der Waals surface area contributed by atoms with Gasteiger partial charge in [0.1, 0.15) is 0 Å². The van der Waals surface area contributed by atoms with Crippen LogP contribution in [0.25, 0.3) is 0 Å². The van der Waals surface area contributed by atoms with Crippen LogP contribution in [0.1, 0.15) is 51.7 Å². The van der Waals surface area contributed by atoms with Gasteiger partial charge in [-0.3, -0.25) is 0 Å². The van der Waals surface area contributed by atoms with Crippen LogP contribution in [0, 0.1) is 11.8 Å². The molecule has 2 aliphatic heterocycles. The van der Waals surface area contributed by atoms with Gasteiger partial charge in [-0.15, -0.1) is 0 Å². The van der Waals surface area contributed by atoms with E-state index in [9.17, 15) is 8.42 Å². The van der Waals surface area contributed by atoms with Gasteiger partial charge in [-0.05, 0) is 104 Å². The van der Waals surface area contributed by atoms with Crippen LogP contribution in [0.3, 0.4) is 0 Å². The van der Waals surface area contributed by atoms with Gasteiger partial charge in [0, 0.05) is 70.6 Å². The lowest BCUT2D eigenvalue weighted by atomic mass is 10.0. The molecule has 1 fully saturated rings. The summed E-state index contributed by atoms with van der Waals surface area (Å²) in [5.74, 6) is 0.757. The number of fused-ring (bicyclic) bond motifs is 1. The summed E-state index contributed by atoms with van der Waals surface area (Å²) in [5, 5.41) is 3.16. The molecule has 2 aliphatic rings. The number of hydrogen-bond acceptors (Lipinski definition) is 6. The van der Waals surface area contributed by atoms with E-state index in [0.717, 1.165) is 75.8 Å². The number of nitrogens with zero attached hydrogens (tertiary/aromatic N) is 5. The van der Waals surface area contributed by atoms with Gasteiger partial charge >= 0.3 is 0 Å². The zero-order valence-electron chi connectivity index (χ0n) is 27.0. The van der Waals surface area contributed by atoms with Crippen LogP contribution in [-0.2, 0) is 23.0 Å². The molecule has 2 aromatic rings. The standard InChI is InChI=1S/C33H52ClN5O2S2/c1-7-42(38-21-16-29-22-31(34)11-10-30(29)26-38)37-19-8-17-36(23-27(2)3)18-9-20-39(25-28(4)24-37)43(40,41)33-14-12-32(13-15-33)35(5)6/h7,10-15,22,27-28H,8-9,16-21,23-26H2,1-6H3/t28-,42?/m1/s1. The van der Waals surface area contributed by atoms with Crippen molar-refractivity contribution in [1.82, 2.24) is 17.8 Å². The van der Waals surface area contributed by atoms with Gasteiger partial charge in [-0.25, -0.2) is 17.0 Å². The molecule has 0 aromatic heterocycles. The molecule has 43 heavy (non-hydrogen) atoms. The SMILES string of the molecule is C/C=S(/N1CCc2cc(Cl)ccc2C1)N1CCCN(CC(C)C)CCCN(S(=O)(=O)c2ccc(N(C)C)cc2)C[C@H](C)C1. The first-order valence-corrected chi connectivity index (χ1v) is 18.8. The molecule has 240 valence electrons. The van der Waals surface area contributed by atoms with Crippen LogP contribution in [0.5, 0.6) is 0 Å². The third-order valence-corrected chi connectivity index (χ3v) is 12.5. The summed E-state index contributed by atoms with van der Waals surface area (Å²) in [5.41, 5.74) is 3.71. The molecule has 0 saturated carbocycles. The first kappa shape index (κ1) is 34.4. The van der Waals surface area contributed by atoms with Crippen LogP contribution >= 0.6 is 22.5 Å². The van der Waals surface area contributed by atoms with E-state index in [1.807, 2.05) is 37.2 Å². The molecule has 1 saturated heterocycles. The highest BCUT2D eigenvalue weighted by Crippen LogP contribution is 2.34. The molecule has 4 rings (SSSR count). The first-order chi connectivity index (χ1) is 20.5. The van der Waals surface area contributed by atoms with Crippen molar-refractivity contribution in [2.75, 3.05) is 71.4 Å². The van der Waals surface area contributed by atoms with E-state index in [1.165, 1.54) is 11.1 Å². The molecule has 2 atom stereocenters. The van der Waals surface area contributed by atoms with E-state index in [2.05, 4.69) is 58.7 Å². The van der Waals surface area contributed by atoms with Gasteiger partial charge in [0.15, 0.2) is 0 Å². The van der Waals surface area contributed by atoms with E-state index in [4.69, 9.17) is 11.6 Å². The van der Waals surface area contributed by atoms with Crippen molar-refractivity contribution >= 4 is 43.5 Å². The molecule has 0 bridgehead atoms. The smallest absolute Gasteiger partial charge is 0.243 e. The van der Waals surface area contributed by atoms with Crippen molar-refractivity contribution in [3.05, 3.63) is 58.6 Å². The molecule has 0 N–H and O–H groups in total. The van der Waals surface area contributed by atoms with Gasteiger partial charge in [0.25, 0.3) is 0 Å². The molecule has 0 amide bonds. The maximum atomic E-state index is 14.0. The van der Waals surface area contributed by atoms with Crippen molar-refractivity contribution < 1.29 is 8.42 Å². The lowest BCUT2D eigenvalue weighted by molar-refractivity contribution is 0.209. The normalized spacial score (nSPS) is 21.7. The summed E-state index contributed by atoms with van der Waals surface area (Å²) in [6.07, 6.45) is 2.94. The number of hydrogen-bond donors (Lipinski definition) is 0. The van der Waals surface area contributed by atoms with E-state index in [0.29, 0.717) is 23.9 Å². The lowest BCUT2D eigenvalue weighted by Crippen LogP contribution is -2.42. The van der Waals surface area contributed by atoms with Crippen molar-refractivity contribution in [2.24, 2.45) is 11.8 Å². The van der Waals surface area contributed by atoms with Crippen LogP contribution in [-0.4, -0.2) is 98.1 Å². The lowest BCUT2D eigenvalue weighted by Gasteiger charge is -2.39. The number of rotatable bonds is 7. The van der Waals surface area contributed by atoms with Crippen molar-refractivity contribution in [3.8, 4) is 0 Å². The topological polar surface area (TPSA) is 50.3 Å². The molecule has 0 spiro atoms. The minimum Gasteiger partial charge on any atom is -0.378 e. The predicted molar refractivity (Wildman–Crippen MR) is 186 cm³/mol. The highest BCUT2D eigenvalue weighted by molar-refractivity contribution is 8.10. The van der Waals surface area contributed by atoms with E-state index < -0.39 is 10.0 Å². The van der Waals surface area contributed by atoms with Crippen LogP contribution < -0.4 is 4.90 Å². The van der Waals surface area contributed by atoms with Gasteiger partial charge in [0.2, 0.25) is 10.0 Å². The Labute approximate surface area is 269 Å². The van der Waals surface area contributed by atoms with Crippen LogP contribution in [0.15, 0.2) is 47.4 Å². The second kappa shape index (κ2) is 15.7. The number of benzene rings is 2. The fourth-order valence-electron chi connectivity index (χ4n) is 6.26. The fourth-order valence-corrected chi connectivity index (χ4v) is 10.2. The Morgan fingerprint density at radius 2 is 1.65 bits per heavy atom. The molecular formula is C33H52ClN5O2S2. The van der Waals surface area contributed by atoms with Crippen LogP contribution in [0.4, 0.5) is 5.69 Å². The highest BCUT2D eigenvalue weighted by Gasteiger charge is 2.29. The minimum absolute atomic E-state index is 0.160. The molecular weight excluding hydrogens is 598 g/mol. The Bertz CT molecular complexity index is 1330. The third kappa shape index (κ3) is 9.28. The Hall–Kier alpha value is -1.46. The molecule has 0 aliphatic carbocycles. The van der Waals surface area contributed by atoms with Crippen molar-refractivity contribution in [2.45, 2.75) is 58.4 Å². The Kier molecular flexibility index (Phi) is 12.6. The average molecular weight is 650 g/mol. The molecule has 2 heterocycles. The molecule has 10 heteroatoms. The van der Waals surface area contributed by atoms with E-state index in [-0.39, 0.29) is 16.8 Å². The molecule has 7 nitrogen and oxygen atoms in total. The summed E-state index contributed by atoms with van der Waals surface area (Å²) in [7, 11) is 0.161. The fraction of sp³-hybridized carbons (Fsp3) is 0.606. The summed E-state index contributed by atoms with van der Waals surface area (Å²) >= 11 is 6.29. The Morgan fingerprint density at radius 1 is 0.953 bits per heavy atom. The summed E-state index contributed by atoms with van der Waals surface area (Å²) < 4.78 is 35.0. The van der Waals surface area contributed by atoms with Crippen LogP contribution in [0.2, 0.25) is 5.02 Å². The highest BCUT2D eigenvalue weighted by atomic mass is 35.5. The zero-order chi connectivity index (χ0) is 31.1. The minimum atomic E-state index is -3.62. The summed E-state index contributed by atoms with van der Waals surface area (Å²) in [6, 6.07) is 13.6. The van der Waals surface area contributed by atoms with E-state index in [1.54, 1.807) is 16.4 Å². The second-order valence-corrected chi connectivity index (χ2v) is 17.2. The first-order valence-electron chi connectivity index (χ1n) is 15.8. The molecule has 2 aromatic carbocycles. The number of halogens is 1.